The van der Waals surface area contributed by atoms with Crippen LogP contribution >= 0.6 is 0 Å². The number of ether oxygens (including phenoxy) is 7. The summed E-state index contributed by atoms with van der Waals surface area (Å²) >= 11 is 0. The lowest BCUT2D eigenvalue weighted by Crippen LogP contribution is -2.59. The third-order valence-corrected chi connectivity index (χ3v) is 12.8. The van der Waals surface area contributed by atoms with E-state index in [4.69, 9.17) is 38.9 Å². The molecule has 3 heterocycles. The Hall–Kier alpha value is -3.12. The molecule has 7 N–H and O–H groups in total. The molecule has 15 nitrogen and oxygen atoms in total. The van der Waals surface area contributed by atoms with Gasteiger partial charge in [0.1, 0.15) is 12.2 Å². The molecule has 0 aromatic carbocycles. The molecule has 0 unspecified atom stereocenters. The van der Waals surface area contributed by atoms with Crippen LogP contribution in [0.4, 0.5) is 4.79 Å². The van der Waals surface area contributed by atoms with Crippen LogP contribution in [0.5, 0.6) is 0 Å². The van der Waals surface area contributed by atoms with Crippen LogP contribution < -0.4 is 5.73 Å². The van der Waals surface area contributed by atoms with Crippen molar-refractivity contribution in [1.29, 1.82) is 0 Å². The zero-order valence-corrected chi connectivity index (χ0v) is 38.2. The number of carbonyl (C=O) groups excluding carboxylic acids is 2. The average Bonchev–Trinajstić information content (AvgIpc) is 3.19. The summed E-state index contributed by atoms with van der Waals surface area (Å²) in [6, 6.07) is 0. The summed E-state index contributed by atoms with van der Waals surface area (Å²) in [6.07, 6.45) is 2.20. The molecular weight excluding hydrogens is 790 g/mol. The van der Waals surface area contributed by atoms with Crippen LogP contribution in [0.15, 0.2) is 59.4 Å². The normalized spacial score (nSPS) is 42.2. The van der Waals surface area contributed by atoms with Crippen LogP contribution in [0, 0.1) is 35.5 Å². The third kappa shape index (κ3) is 13.7. The van der Waals surface area contributed by atoms with E-state index in [0.29, 0.717) is 18.4 Å². The van der Waals surface area contributed by atoms with Crippen LogP contribution in [0.2, 0.25) is 0 Å². The van der Waals surface area contributed by atoms with Gasteiger partial charge in [-0.05, 0) is 52.5 Å². The largest absolute Gasteiger partial charge is 0.490 e. The maximum absolute atomic E-state index is 13.9. The number of aliphatic hydroxyl groups is 5. The molecule has 2 fully saturated rings. The lowest BCUT2D eigenvalue weighted by Gasteiger charge is -2.49. The Morgan fingerprint density at radius 3 is 2.34 bits per heavy atom. The first-order chi connectivity index (χ1) is 28.6. The number of esters is 1. The number of hydrogen-bond acceptors (Lipinski definition) is 14. The Labute approximate surface area is 362 Å². The molecule has 0 spiro atoms. The Kier molecular flexibility index (Phi) is 20.1. The fourth-order valence-corrected chi connectivity index (χ4v) is 8.94. The quantitative estimate of drug-likeness (QED) is 0.119. The molecule has 18 atom stereocenters. The molecule has 61 heavy (non-hydrogen) atoms. The first-order valence-corrected chi connectivity index (χ1v) is 21.7. The van der Waals surface area contributed by atoms with Gasteiger partial charge in [-0.2, -0.15) is 0 Å². The molecule has 0 radical (unpaired) electrons. The predicted molar refractivity (Wildman–Crippen MR) is 228 cm³/mol. The van der Waals surface area contributed by atoms with Gasteiger partial charge in [0, 0.05) is 49.5 Å². The van der Waals surface area contributed by atoms with E-state index in [1.54, 1.807) is 52.0 Å². The minimum atomic E-state index is -1.97. The van der Waals surface area contributed by atoms with E-state index in [0.717, 1.165) is 5.57 Å². The molecule has 0 saturated carbocycles. The fourth-order valence-electron chi connectivity index (χ4n) is 8.94. The Balaban J connectivity index is 2.00. The Morgan fingerprint density at radius 1 is 1.10 bits per heavy atom. The van der Waals surface area contributed by atoms with Crippen molar-refractivity contribution < 1.29 is 68.3 Å². The van der Waals surface area contributed by atoms with Gasteiger partial charge in [0.15, 0.2) is 18.2 Å². The van der Waals surface area contributed by atoms with Gasteiger partial charge in [-0.3, -0.25) is 0 Å². The van der Waals surface area contributed by atoms with Gasteiger partial charge in [0.2, 0.25) is 5.76 Å². The highest BCUT2D eigenvalue weighted by molar-refractivity contribution is 5.87. The lowest BCUT2D eigenvalue weighted by molar-refractivity contribution is -0.338. The molecule has 2 saturated heterocycles. The zero-order chi connectivity index (χ0) is 45.9. The van der Waals surface area contributed by atoms with Crippen LogP contribution in [-0.2, 0) is 38.0 Å². The molecule has 1 amide bonds. The van der Waals surface area contributed by atoms with Crippen molar-refractivity contribution >= 4 is 12.1 Å². The summed E-state index contributed by atoms with van der Waals surface area (Å²) in [5.74, 6) is -6.00. The van der Waals surface area contributed by atoms with Crippen molar-refractivity contribution in [2.45, 2.75) is 168 Å². The van der Waals surface area contributed by atoms with Crippen molar-refractivity contribution in [3.8, 4) is 0 Å². The van der Waals surface area contributed by atoms with Crippen LogP contribution in [0.25, 0.3) is 0 Å². The second-order valence-corrected chi connectivity index (χ2v) is 17.5. The summed E-state index contributed by atoms with van der Waals surface area (Å²) in [6.45, 7) is 18.2. The smallest absolute Gasteiger partial charge is 0.404 e. The number of primary amides is 1. The second-order valence-electron chi connectivity index (χ2n) is 17.5. The molecule has 15 heteroatoms. The average molecular weight is 866 g/mol. The second kappa shape index (κ2) is 23.5. The van der Waals surface area contributed by atoms with Crippen molar-refractivity contribution in [2.24, 2.45) is 41.2 Å². The summed E-state index contributed by atoms with van der Waals surface area (Å²) in [7, 11) is 2.81. The van der Waals surface area contributed by atoms with Crippen molar-refractivity contribution in [2.75, 3.05) is 14.2 Å². The van der Waals surface area contributed by atoms with Crippen molar-refractivity contribution in [3.05, 3.63) is 59.4 Å². The van der Waals surface area contributed by atoms with E-state index in [1.165, 1.54) is 20.3 Å². The molecule has 0 aliphatic carbocycles. The molecule has 3 aliphatic rings. The molecule has 0 aromatic rings. The van der Waals surface area contributed by atoms with Gasteiger partial charge >= 0.3 is 12.1 Å². The first kappa shape index (κ1) is 52.2. The van der Waals surface area contributed by atoms with E-state index in [2.05, 4.69) is 0 Å². The predicted octanol–water partition coefficient (Wildman–Crippen LogP) is 4.98. The number of allylic oxidation sites excluding steroid dienone is 6. The number of methoxy groups -OCH3 is 2. The Morgan fingerprint density at radius 2 is 1.77 bits per heavy atom. The first-order valence-electron chi connectivity index (χ1n) is 21.7. The number of amides is 1. The van der Waals surface area contributed by atoms with Crippen molar-refractivity contribution in [3.63, 3.8) is 0 Å². The number of aliphatic hydroxyl groups excluding tert-OH is 4. The SMILES string of the molecule is C/C=C/[C@@H]1O[C@](O)([C@H](C)[C@H](O)[C@H](C)[C@@H]2OC(=O)/C(OC)=C/C(C)=C/[C@H](C)[C@H](O)[C@H](CC)[C@H](O)[C@H](C)C/C(C)=C/C=C/[C@H]2OC)C[C@@H](O[C@H]2C[C@@H](O)[C@H](OC(N)=O)[C@@H](C)O2)[C@@H]1C. The highest BCUT2D eigenvalue weighted by Crippen LogP contribution is 2.42. The van der Waals surface area contributed by atoms with Gasteiger partial charge in [-0.25, -0.2) is 9.59 Å². The molecule has 348 valence electrons. The summed E-state index contributed by atoms with van der Waals surface area (Å²) in [4.78, 5) is 25.4. The number of nitrogens with two attached hydrogens (primary N) is 1. The van der Waals surface area contributed by atoms with E-state index in [-0.39, 0.29) is 42.3 Å². The standard InChI is InChI=1S/C46H75NO14/c1-13-16-34-28(7)37(58-38-22-33(48)43(31(10)57-38)60-45(47)53)23-46(54,61-34)30(9)41(51)29(8)42-35(55-11)18-15-17-24(3)19-26(5)39(49)32(14-2)40(50)27(6)20-25(4)21-36(56-12)44(52)59-42/h13,15-18,20-21,26-35,37-43,48-51,54H,14,19,22-23H2,1-12H3,(H2,47,53)/b16-13+,18-15+,24-17+,25-20+,36-21-/t26-,27+,28-,29+,30-,31-,32-,33-,34+,35-,37-,38+,39-,40+,41-,42+,43-,46+/m1/s1. The lowest BCUT2D eigenvalue weighted by atomic mass is 9.77. The number of cyclic esters (lactones) is 1. The summed E-state index contributed by atoms with van der Waals surface area (Å²) in [5, 5.41) is 58.0. The van der Waals surface area contributed by atoms with E-state index in [9.17, 15) is 35.1 Å². The zero-order valence-electron chi connectivity index (χ0n) is 38.2. The van der Waals surface area contributed by atoms with Gasteiger partial charge in [-0.15, -0.1) is 0 Å². The van der Waals surface area contributed by atoms with Crippen LogP contribution in [0.1, 0.15) is 94.9 Å². The highest BCUT2D eigenvalue weighted by atomic mass is 16.7. The van der Waals surface area contributed by atoms with E-state index >= 15 is 0 Å². The minimum absolute atomic E-state index is 0.0313. The Bertz CT molecular complexity index is 1570. The maximum Gasteiger partial charge on any atom is 0.404 e. The van der Waals surface area contributed by atoms with E-state index < -0.39 is 97.0 Å². The fraction of sp³-hybridized carbons (Fsp3) is 0.739. The van der Waals surface area contributed by atoms with E-state index in [1.807, 2.05) is 53.7 Å². The summed E-state index contributed by atoms with van der Waals surface area (Å²) in [5.41, 5.74) is 6.78. The van der Waals surface area contributed by atoms with Crippen LogP contribution in [0.3, 0.4) is 0 Å². The molecule has 0 bridgehead atoms. The molecular formula is C46H75NO14. The molecule has 3 rings (SSSR count). The molecule has 0 aromatic heterocycles. The minimum Gasteiger partial charge on any atom is -0.490 e. The number of carbonyl (C=O) groups is 2. The van der Waals surface area contributed by atoms with Crippen molar-refractivity contribution in [1.82, 2.24) is 0 Å². The van der Waals surface area contributed by atoms with Gasteiger partial charge in [0.25, 0.3) is 0 Å². The van der Waals surface area contributed by atoms with Crippen LogP contribution in [-0.4, -0.2) is 125 Å². The molecule has 3 aliphatic heterocycles. The van der Waals surface area contributed by atoms with Gasteiger partial charge < -0.3 is 64.4 Å². The topological polar surface area (TPSA) is 226 Å². The van der Waals surface area contributed by atoms with Gasteiger partial charge in [0.05, 0.1) is 49.8 Å². The monoisotopic (exact) mass is 866 g/mol. The highest BCUT2D eigenvalue weighted by Gasteiger charge is 2.52. The number of hydrogen-bond donors (Lipinski definition) is 6. The third-order valence-electron chi connectivity index (χ3n) is 12.8. The maximum atomic E-state index is 13.9. The summed E-state index contributed by atoms with van der Waals surface area (Å²) < 4.78 is 41.4. The number of rotatable bonds is 11. The van der Waals surface area contributed by atoms with Gasteiger partial charge in [-0.1, -0.05) is 89.1 Å².